The van der Waals surface area contributed by atoms with Crippen LogP contribution in [0.5, 0.6) is 0 Å². The lowest BCUT2D eigenvalue weighted by atomic mass is 9.95. The molecular formula is C26H30N4O6. The van der Waals surface area contributed by atoms with Crippen molar-refractivity contribution >= 4 is 23.4 Å². The van der Waals surface area contributed by atoms with Crippen LogP contribution in [0, 0.1) is 17.0 Å². The van der Waals surface area contributed by atoms with Crippen LogP contribution in [0.15, 0.2) is 48.5 Å². The van der Waals surface area contributed by atoms with Crippen LogP contribution in [-0.4, -0.2) is 70.5 Å². The molecule has 3 amide bonds. The monoisotopic (exact) mass is 494 g/mol. The Balaban J connectivity index is 1.57. The summed E-state index contributed by atoms with van der Waals surface area (Å²) in [5.41, 5.74) is 0.371. The Kier molecular flexibility index (Phi) is 7.35. The lowest BCUT2D eigenvalue weighted by Gasteiger charge is -2.44. The van der Waals surface area contributed by atoms with Gasteiger partial charge in [-0.05, 0) is 31.0 Å². The van der Waals surface area contributed by atoms with Crippen LogP contribution in [0.4, 0.5) is 5.69 Å². The molecule has 2 heterocycles. The van der Waals surface area contributed by atoms with Crippen molar-refractivity contribution in [1.29, 1.82) is 0 Å². The number of hydrogen-bond donors (Lipinski definition) is 1. The molecule has 0 aliphatic carbocycles. The molecule has 0 aromatic heterocycles. The largest absolute Gasteiger partial charge is 0.354 e. The number of likely N-dealkylation sites (tertiary alicyclic amines) is 1. The van der Waals surface area contributed by atoms with Crippen molar-refractivity contribution in [3.8, 4) is 0 Å². The summed E-state index contributed by atoms with van der Waals surface area (Å²) < 4.78 is 6.19. The minimum atomic E-state index is -1.02. The van der Waals surface area contributed by atoms with E-state index in [1.165, 1.54) is 18.2 Å². The average molecular weight is 495 g/mol. The van der Waals surface area contributed by atoms with Crippen LogP contribution in [0.1, 0.15) is 52.5 Å². The number of carbonyl (C=O) groups is 3. The number of nitro benzene ring substituents is 1. The van der Waals surface area contributed by atoms with Crippen LogP contribution in [0.3, 0.4) is 0 Å². The van der Waals surface area contributed by atoms with Gasteiger partial charge in [0.25, 0.3) is 17.5 Å². The van der Waals surface area contributed by atoms with E-state index >= 15 is 0 Å². The third-order valence-electron chi connectivity index (χ3n) is 6.84. The highest BCUT2D eigenvalue weighted by molar-refractivity contribution is 5.99. The van der Waals surface area contributed by atoms with Gasteiger partial charge in [-0.2, -0.15) is 0 Å². The molecule has 0 saturated carbocycles. The van der Waals surface area contributed by atoms with Crippen molar-refractivity contribution in [3.63, 3.8) is 0 Å². The summed E-state index contributed by atoms with van der Waals surface area (Å²) in [5.74, 6) is -0.855. The second-order valence-electron chi connectivity index (χ2n) is 9.15. The first-order valence-corrected chi connectivity index (χ1v) is 12.1. The molecule has 190 valence electrons. The van der Waals surface area contributed by atoms with E-state index in [-0.39, 0.29) is 48.7 Å². The standard InChI is InChI=1S/C26H30N4O6/c1-3-13-27-23(31)22-17-36-26(29(22)25(33)21-10-5-4-7-18(21)2)11-14-28(15-12-26)24(32)19-8-6-9-20(16-19)30(34)35/h4-10,16,22H,3,11-15,17H2,1-2H3,(H,27,31)/t22-/m1/s1. The highest BCUT2D eigenvalue weighted by Gasteiger charge is 2.54. The number of rotatable bonds is 6. The Morgan fingerprint density at radius 3 is 2.50 bits per heavy atom. The number of nitrogens with one attached hydrogen (secondary N) is 1. The number of nitro groups is 1. The summed E-state index contributed by atoms with van der Waals surface area (Å²) in [4.78, 5) is 53.6. The van der Waals surface area contributed by atoms with Gasteiger partial charge in [-0.3, -0.25) is 29.4 Å². The molecule has 2 fully saturated rings. The predicted molar refractivity (Wildman–Crippen MR) is 131 cm³/mol. The zero-order valence-electron chi connectivity index (χ0n) is 20.4. The number of ether oxygens (including phenoxy) is 1. The van der Waals surface area contributed by atoms with Gasteiger partial charge in [0.1, 0.15) is 11.8 Å². The fourth-order valence-corrected chi connectivity index (χ4v) is 4.87. The SMILES string of the molecule is CCCNC(=O)[C@H]1COC2(CCN(C(=O)c3cccc([N+](=O)[O-])c3)CC2)N1C(=O)c1ccccc1C. The van der Waals surface area contributed by atoms with Crippen LogP contribution < -0.4 is 5.32 Å². The first kappa shape index (κ1) is 25.3. The number of non-ortho nitro benzene ring substituents is 1. The van der Waals surface area contributed by atoms with Crippen molar-refractivity contribution in [3.05, 3.63) is 75.3 Å². The van der Waals surface area contributed by atoms with Gasteiger partial charge >= 0.3 is 0 Å². The fraction of sp³-hybridized carbons (Fsp3) is 0.423. The van der Waals surface area contributed by atoms with Crippen LogP contribution in [0.25, 0.3) is 0 Å². The predicted octanol–water partition coefficient (Wildman–Crippen LogP) is 2.90. The van der Waals surface area contributed by atoms with E-state index in [1.54, 1.807) is 28.0 Å². The summed E-state index contributed by atoms with van der Waals surface area (Å²) in [6.07, 6.45) is 1.41. The van der Waals surface area contributed by atoms with Crippen molar-refractivity contribution in [1.82, 2.24) is 15.1 Å². The molecule has 1 atom stereocenters. The van der Waals surface area contributed by atoms with E-state index in [9.17, 15) is 24.5 Å². The minimum Gasteiger partial charge on any atom is -0.354 e. The van der Waals surface area contributed by atoms with E-state index in [2.05, 4.69) is 5.32 Å². The molecule has 0 radical (unpaired) electrons. The molecule has 1 spiro atoms. The van der Waals surface area contributed by atoms with Gasteiger partial charge in [0.15, 0.2) is 0 Å². The molecule has 2 aromatic rings. The number of amides is 3. The van der Waals surface area contributed by atoms with Gasteiger partial charge in [0.05, 0.1) is 11.5 Å². The number of aryl methyl sites for hydroxylation is 1. The minimum absolute atomic E-state index is 0.0754. The third-order valence-corrected chi connectivity index (χ3v) is 6.84. The zero-order chi connectivity index (χ0) is 25.9. The number of carbonyl (C=O) groups excluding carboxylic acids is 3. The molecule has 0 bridgehead atoms. The lowest BCUT2D eigenvalue weighted by molar-refractivity contribution is -0.384. The Morgan fingerprint density at radius 2 is 1.83 bits per heavy atom. The topological polar surface area (TPSA) is 122 Å². The highest BCUT2D eigenvalue weighted by atomic mass is 16.6. The third kappa shape index (κ3) is 4.81. The van der Waals surface area contributed by atoms with Gasteiger partial charge in [-0.15, -0.1) is 0 Å². The molecule has 2 aliphatic rings. The first-order valence-electron chi connectivity index (χ1n) is 12.1. The number of piperidine rings is 1. The zero-order valence-corrected chi connectivity index (χ0v) is 20.4. The quantitative estimate of drug-likeness (QED) is 0.487. The van der Waals surface area contributed by atoms with Crippen LogP contribution >= 0.6 is 0 Å². The average Bonchev–Trinajstić information content (AvgIpc) is 3.25. The van der Waals surface area contributed by atoms with Crippen molar-refractivity contribution in [2.45, 2.75) is 44.9 Å². The molecular weight excluding hydrogens is 464 g/mol. The highest BCUT2D eigenvalue weighted by Crippen LogP contribution is 2.39. The maximum Gasteiger partial charge on any atom is 0.270 e. The molecule has 4 rings (SSSR count). The molecule has 0 unspecified atom stereocenters. The van der Waals surface area contributed by atoms with Gasteiger partial charge in [0, 0.05) is 55.7 Å². The number of nitrogens with zero attached hydrogens (tertiary/aromatic N) is 3. The molecule has 1 N–H and O–H groups in total. The van der Waals surface area contributed by atoms with Crippen molar-refractivity contribution in [2.75, 3.05) is 26.2 Å². The Morgan fingerprint density at radius 1 is 1.11 bits per heavy atom. The Hall–Kier alpha value is -3.79. The van der Waals surface area contributed by atoms with E-state index < -0.39 is 16.7 Å². The lowest BCUT2D eigenvalue weighted by Crippen LogP contribution is -2.60. The van der Waals surface area contributed by atoms with Gasteiger partial charge < -0.3 is 15.0 Å². The van der Waals surface area contributed by atoms with Gasteiger partial charge in [-0.25, -0.2) is 0 Å². The second kappa shape index (κ2) is 10.4. The first-order chi connectivity index (χ1) is 17.3. The van der Waals surface area contributed by atoms with Gasteiger partial charge in [-0.1, -0.05) is 31.2 Å². The Labute approximate surface area is 209 Å². The molecule has 10 heteroatoms. The van der Waals surface area contributed by atoms with Crippen LogP contribution in [0.2, 0.25) is 0 Å². The summed E-state index contributed by atoms with van der Waals surface area (Å²) in [6.45, 7) is 4.94. The van der Waals surface area contributed by atoms with Gasteiger partial charge in [0.2, 0.25) is 5.91 Å². The molecule has 2 aliphatic heterocycles. The summed E-state index contributed by atoms with van der Waals surface area (Å²) >= 11 is 0. The molecule has 10 nitrogen and oxygen atoms in total. The molecule has 2 saturated heterocycles. The van der Waals surface area contributed by atoms with Crippen molar-refractivity contribution < 1.29 is 24.0 Å². The van der Waals surface area contributed by atoms with E-state index in [0.717, 1.165) is 12.0 Å². The maximum atomic E-state index is 13.8. The van der Waals surface area contributed by atoms with E-state index in [4.69, 9.17) is 4.74 Å². The molecule has 2 aromatic carbocycles. The second-order valence-corrected chi connectivity index (χ2v) is 9.15. The maximum absolute atomic E-state index is 13.8. The number of hydrogen-bond acceptors (Lipinski definition) is 6. The summed E-state index contributed by atoms with van der Waals surface area (Å²) in [7, 11) is 0. The summed E-state index contributed by atoms with van der Waals surface area (Å²) in [5, 5.41) is 14.0. The summed E-state index contributed by atoms with van der Waals surface area (Å²) in [6, 6.07) is 12.1. The van der Waals surface area contributed by atoms with Crippen molar-refractivity contribution in [2.24, 2.45) is 0 Å². The Bertz CT molecular complexity index is 1170. The van der Waals surface area contributed by atoms with E-state index in [1.807, 2.05) is 26.0 Å². The number of benzene rings is 2. The smallest absolute Gasteiger partial charge is 0.270 e. The van der Waals surface area contributed by atoms with E-state index in [0.29, 0.717) is 24.9 Å². The fourth-order valence-electron chi connectivity index (χ4n) is 4.87. The van der Waals surface area contributed by atoms with Crippen LogP contribution in [-0.2, 0) is 9.53 Å². The molecule has 36 heavy (non-hydrogen) atoms. The normalized spacial score (nSPS) is 18.8.